The Kier molecular flexibility index (Phi) is 6.77. The van der Waals surface area contributed by atoms with Crippen molar-refractivity contribution in [3.63, 3.8) is 0 Å². The molecule has 8 nitrogen and oxygen atoms in total. The van der Waals surface area contributed by atoms with Crippen LogP contribution in [0, 0.1) is 13.8 Å². The molecule has 2 aromatic heterocycles. The molecule has 4 rings (SSSR count). The molecular formula is C23H32N6O2. The maximum Gasteiger partial charge on any atom is 0.252 e. The van der Waals surface area contributed by atoms with Gasteiger partial charge in [0, 0.05) is 25.3 Å². The van der Waals surface area contributed by atoms with E-state index in [1.807, 2.05) is 17.7 Å². The van der Waals surface area contributed by atoms with Crippen molar-refractivity contribution in [2.75, 3.05) is 13.2 Å². The Hall–Kier alpha value is -2.58. The zero-order valence-electron chi connectivity index (χ0n) is 18.5. The molecule has 166 valence electrons. The van der Waals surface area contributed by atoms with Gasteiger partial charge in [-0.05, 0) is 66.6 Å². The van der Waals surface area contributed by atoms with E-state index in [0.717, 1.165) is 35.1 Å². The number of aromatic amines is 1. The van der Waals surface area contributed by atoms with Crippen molar-refractivity contribution < 1.29 is 5.11 Å². The van der Waals surface area contributed by atoms with E-state index < -0.39 is 0 Å². The largest absolute Gasteiger partial charge is 0.396 e. The quantitative estimate of drug-likeness (QED) is 0.577. The van der Waals surface area contributed by atoms with Crippen LogP contribution in [-0.2, 0) is 13.1 Å². The molecule has 3 aromatic rings. The molecule has 1 aromatic carbocycles. The lowest BCUT2D eigenvalue weighted by molar-refractivity contribution is 0.201. The van der Waals surface area contributed by atoms with Crippen molar-refractivity contribution in [1.29, 1.82) is 0 Å². The van der Waals surface area contributed by atoms with Gasteiger partial charge in [-0.1, -0.05) is 30.9 Å². The van der Waals surface area contributed by atoms with Crippen LogP contribution in [0.1, 0.15) is 67.1 Å². The Labute approximate surface area is 182 Å². The van der Waals surface area contributed by atoms with Crippen LogP contribution in [0.5, 0.6) is 0 Å². The minimum absolute atomic E-state index is 0.0691. The van der Waals surface area contributed by atoms with Gasteiger partial charge < -0.3 is 10.1 Å². The Balaban J connectivity index is 1.59. The number of nitrogens with one attached hydrogen (secondary N) is 1. The highest BCUT2D eigenvalue weighted by molar-refractivity contribution is 5.82. The van der Waals surface area contributed by atoms with Crippen LogP contribution in [-0.4, -0.2) is 48.3 Å². The van der Waals surface area contributed by atoms with Crippen LogP contribution in [0.15, 0.2) is 23.0 Å². The number of H-pyrrole nitrogens is 1. The molecule has 0 spiro atoms. The van der Waals surface area contributed by atoms with Gasteiger partial charge in [0.15, 0.2) is 5.82 Å². The highest BCUT2D eigenvalue weighted by atomic mass is 16.3. The van der Waals surface area contributed by atoms with Crippen LogP contribution < -0.4 is 5.56 Å². The minimum Gasteiger partial charge on any atom is -0.396 e. The number of hydrogen-bond donors (Lipinski definition) is 2. The third-order valence-electron chi connectivity index (χ3n) is 6.24. The molecule has 0 bridgehead atoms. The van der Waals surface area contributed by atoms with E-state index in [9.17, 15) is 9.90 Å². The normalized spacial score (nSPS) is 15.2. The van der Waals surface area contributed by atoms with E-state index >= 15 is 0 Å². The van der Waals surface area contributed by atoms with Crippen molar-refractivity contribution >= 4 is 10.9 Å². The van der Waals surface area contributed by atoms with E-state index in [2.05, 4.69) is 44.5 Å². The lowest BCUT2D eigenvalue weighted by Gasteiger charge is -2.25. The maximum absolute atomic E-state index is 12.8. The average molecular weight is 425 g/mol. The molecular weight excluding hydrogens is 392 g/mol. The zero-order chi connectivity index (χ0) is 21.8. The van der Waals surface area contributed by atoms with Crippen molar-refractivity contribution in [1.82, 2.24) is 30.1 Å². The fourth-order valence-corrected chi connectivity index (χ4v) is 4.72. The van der Waals surface area contributed by atoms with Gasteiger partial charge in [0.05, 0.1) is 18.1 Å². The van der Waals surface area contributed by atoms with Gasteiger partial charge in [-0.15, -0.1) is 5.10 Å². The van der Waals surface area contributed by atoms with Crippen LogP contribution in [0.2, 0.25) is 0 Å². The molecule has 0 aliphatic heterocycles. The topological polar surface area (TPSA) is 99.9 Å². The number of pyridine rings is 1. The molecule has 1 fully saturated rings. The van der Waals surface area contributed by atoms with E-state index in [-0.39, 0.29) is 12.2 Å². The number of aromatic nitrogens is 5. The fourth-order valence-electron chi connectivity index (χ4n) is 4.72. The highest BCUT2D eigenvalue weighted by Crippen LogP contribution is 2.28. The molecule has 1 aliphatic rings. The summed E-state index contributed by atoms with van der Waals surface area (Å²) in [6.45, 7) is 5.89. The molecule has 0 radical (unpaired) electrons. The molecule has 0 saturated heterocycles. The molecule has 2 heterocycles. The number of aryl methyl sites for hydroxylation is 2. The third-order valence-corrected chi connectivity index (χ3v) is 6.24. The lowest BCUT2D eigenvalue weighted by Crippen LogP contribution is -2.30. The SMILES string of the molecule is Cc1cc(C)c2[nH]c(=O)c(CN(CCCO)Cc3nnnn3C3CCCCC3)cc2c1. The van der Waals surface area contributed by atoms with Crippen LogP contribution in [0.25, 0.3) is 10.9 Å². The molecule has 31 heavy (non-hydrogen) atoms. The minimum atomic E-state index is -0.0691. The third kappa shape index (κ3) is 5.02. The van der Waals surface area contributed by atoms with Gasteiger partial charge >= 0.3 is 0 Å². The van der Waals surface area contributed by atoms with Gasteiger partial charge in [0.25, 0.3) is 5.56 Å². The van der Waals surface area contributed by atoms with E-state index in [1.54, 1.807) is 0 Å². The number of tetrazole rings is 1. The molecule has 1 saturated carbocycles. The van der Waals surface area contributed by atoms with Crippen molar-refractivity contribution in [3.05, 3.63) is 51.1 Å². The molecule has 8 heteroatoms. The Morgan fingerprint density at radius 1 is 1.16 bits per heavy atom. The summed E-state index contributed by atoms with van der Waals surface area (Å²) in [4.78, 5) is 18.0. The smallest absolute Gasteiger partial charge is 0.252 e. The first-order valence-corrected chi connectivity index (χ1v) is 11.3. The Morgan fingerprint density at radius 3 is 2.74 bits per heavy atom. The van der Waals surface area contributed by atoms with Gasteiger partial charge in [0.2, 0.25) is 0 Å². The van der Waals surface area contributed by atoms with E-state index in [4.69, 9.17) is 0 Å². The first-order valence-electron chi connectivity index (χ1n) is 11.3. The first kappa shape index (κ1) is 21.6. The number of rotatable bonds is 8. The standard InChI is InChI=1S/C23H32N6O2/c1-16-11-17(2)22-18(12-16)13-19(23(31)24-22)14-28(9-6-10-30)15-21-25-26-27-29(21)20-7-4-3-5-8-20/h11-13,20,30H,3-10,14-15H2,1-2H3,(H,24,31). The predicted molar refractivity (Wildman–Crippen MR) is 120 cm³/mol. The van der Waals surface area contributed by atoms with Gasteiger partial charge in [0.1, 0.15) is 0 Å². The average Bonchev–Trinajstić information content (AvgIpc) is 3.22. The first-order chi connectivity index (χ1) is 15.0. The number of nitrogens with zero attached hydrogens (tertiary/aromatic N) is 5. The number of aliphatic hydroxyl groups is 1. The summed E-state index contributed by atoms with van der Waals surface area (Å²) < 4.78 is 1.97. The van der Waals surface area contributed by atoms with Gasteiger partial charge in [-0.2, -0.15) is 0 Å². The van der Waals surface area contributed by atoms with Crippen LogP contribution >= 0.6 is 0 Å². The molecule has 0 atom stereocenters. The second-order valence-corrected chi connectivity index (χ2v) is 8.79. The predicted octanol–water partition coefficient (Wildman–Crippen LogP) is 3.02. The van der Waals surface area contributed by atoms with Crippen molar-refractivity contribution in [3.8, 4) is 0 Å². The highest BCUT2D eigenvalue weighted by Gasteiger charge is 2.22. The van der Waals surface area contributed by atoms with E-state index in [1.165, 1.54) is 24.8 Å². The molecule has 0 amide bonds. The summed E-state index contributed by atoms with van der Waals surface area (Å²) in [5, 5.41) is 22.9. The molecule has 1 aliphatic carbocycles. The maximum atomic E-state index is 12.8. The molecule has 2 N–H and O–H groups in total. The van der Waals surface area contributed by atoms with Crippen molar-refractivity contribution in [2.45, 2.75) is 71.5 Å². The Morgan fingerprint density at radius 2 is 1.97 bits per heavy atom. The fraction of sp³-hybridized carbons (Fsp3) is 0.565. The lowest BCUT2D eigenvalue weighted by atomic mass is 9.95. The van der Waals surface area contributed by atoms with Gasteiger partial charge in [-0.25, -0.2) is 4.68 Å². The number of hydrogen-bond acceptors (Lipinski definition) is 6. The number of benzene rings is 1. The van der Waals surface area contributed by atoms with Crippen molar-refractivity contribution in [2.24, 2.45) is 0 Å². The van der Waals surface area contributed by atoms with Crippen LogP contribution in [0.3, 0.4) is 0 Å². The van der Waals surface area contributed by atoms with E-state index in [0.29, 0.717) is 37.7 Å². The summed E-state index contributed by atoms with van der Waals surface area (Å²) in [5.41, 5.74) is 3.78. The van der Waals surface area contributed by atoms with Gasteiger partial charge in [-0.3, -0.25) is 9.69 Å². The Bertz CT molecular complexity index is 1080. The second kappa shape index (κ2) is 9.70. The number of fused-ring (bicyclic) bond motifs is 1. The summed E-state index contributed by atoms with van der Waals surface area (Å²) in [5.74, 6) is 0.828. The number of aliphatic hydroxyl groups excluding tert-OH is 1. The summed E-state index contributed by atoms with van der Waals surface area (Å²) in [7, 11) is 0. The second-order valence-electron chi connectivity index (χ2n) is 8.79. The summed E-state index contributed by atoms with van der Waals surface area (Å²) >= 11 is 0. The zero-order valence-corrected chi connectivity index (χ0v) is 18.5. The monoisotopic (exact) mass is 424 g/mol. The summed E-state index contributed by atoms with van der Waals surface area (Å²) in [6.07, 6.45) is 6.55. The summed E-state index contributed by atoms with van der Waals surface area (Å²) in [6, 6.07) is 6.53. The molecule has 0 unspecified atom stereocenters. The van der Waals surface area contributed by atoms with Crippen LogP contribution in [0.4, 0.5) is 0 Å².